The minimum absolute atomic E-state index is 0.149. The molecule has 19 heavy (non-hydrogen) atoms. The van der Waals surface area contributed by atoms with Crippen LogP contribution in [0.15, 0.2) is 24.3 Å². The number of hydrogen-bond donors (Lipinski definition) is 1. The van der Waals surface area contributed by atoms with Crippen LogP contribution in [0.5, 0.6) is 5.75 Å². The predicted molar refractivity (Wildman–Crippen MR) is 74.4 cm³/mol. The van der Waals surface area contributed by atoms with Crippen LogP contribution >= 0.6 is 0 Å². The number of carbonyl (C=O) groups is 1. The molecule has 0 radical (unpaired) electrons. The van der Waals surface area contributed by atoms with Crippen LogP contribution in [-0.2, 0) is 0 Å². The van der Waals surface area contributed by atoms with E-state index >= 15 is 0 Å². The zero-order valence-electron chi connectivity index (χ0n) is 11.2. The Labute approximate surface area is 114 Å². The SMILES string of the molecule is NC1CCC(C(=O)c2cccc(OC3CC3)c2)CC1. The van der Waals surface area contributed by atoms with Crippen molar-refractivity contribution in [3.8, 4) is 5.75 Å². The van der Waals surface area contributed by atoms with Gasteiger partial charge in [0.15, 0.2) is 5.78 Å². The van der Waals surface area contributed by atoms with Gasteiger partial charge in [-0.15, -0.1) is 0 Å². The highest BCUT2D eigenvalue weighted by Crippen LogP contribution is 2.30. The highest BCUT2D eigenvalue weighted by atomic mass is 16.5. The molecule has 2 saturated carbocycles. The Morgan fingerprint density at radius 2 is 1.84 bits per heavy atom. The molecule has 3 nitrogen and oxygen atoms in total. The molecule has 2 fully saturated rings. The van der Waals surface area contributed by atoms with E-state index in [-0.39, 0.29) is 17.7 Å². The van der Waals surface area contributed by atoms with E-state index in [0.717, 1.165) is 49.8 Å². The first-order valence-corrected chi connectivity index (χ1v) is 7.29. The lowest BCUT2D eigenvalue weighted by atomic mass is 9.82. The van der Waals surface area contributed by atoms with Crippen molar-refractivity contribution in [2.45, 2.75) is 50.7 Å². The van der Waals surface area contributed by atoms with E-state index in [1.54, 1.807) is 0 Å². The van der Waals surface area contributed by atoms with Crippen molar-refractivity contribution < 1.29 is 9.53 Å². The molecule has 1 aromatic rings. The average Bonchev–Trinajstić information content (AvgIpc) is 3.23. The smallest absolute Gasteiger partial charge is 0.166 e. The molecule has 102 valence electrons. The number of carbonyl (C=O) groups excluding carboxylic acids is 1. The van der Waals surface area contributed by atoms with Gasteiger partial charge in [0.05, 0.1) is 6.10 Å². The fourth-order valence-electron chi connectivity index (χ4n) is 2.72. The molecule has 0 aliphatic heterocycles. The van der Waals surface area contributed by atoms with E-state index in [1.165, 1.54) is 0 Å². The first-order chi connectivity index (χ1) is 9.22. The lowest BCUT2D eigenvalue weighted by Gasteiger charge is -2.25. The third-order valence-corrected chi connectivity index (χ3v) is 4.09. The topological polar surface area (TPSA) is 52.3 Å². The molecule has 1 aromatic carbocycles. The summed E-state index contributed by atoms with van der Waals surface area (Å²) in [5, 5.41) is 0. The molecule has 3 heteroatoms. The van der Waals surface area contributed by atoms with Gasteiger partial charge in [-0.2, -0.15) is 0 Å². The third-order valence-electron chi connectivity index (χ3n) is 4.09. The second kappa shape index (κ2) is 5.33. The van der Waals surface area contributed by atoms with Gasteiger partial charge in [-0.05, 0) is 50.7 Å². The molecular weight excluding hydrogens is 238 g/mol. The van der Waals surface area contributed by atoms with Crippen molar-refractivity contribution >= 4 is 5.78 Å². The molecule has 3 rings (SSSR count). The summed E-state index contributed by atoms with van der Waals surface area (Å²) in [5.41, 5.74) is 6.68. The van der Waals surface area contributed by atoms with E-state index in [0.29, 0.717) is 6.10 Å². The monoisotopic (exact) mass is 259 g/mol. The van der Waals surface area contributed by atoms with Crippen LogP contribution in [0.1, 0.15) is 48.9 Å². The maximum absolute atomic E-state index is 12.5. The number of Topliss-reactive ketones (excluding diaryl/α,β-unsaturated/α-hetero) is 1. The maximum Gasteiger partial charge on any atom is 0.166 e. The van der Waals surface area contributed by atoms with Gasteiger partial charge in [0.25, 0.3) is 0 Å². The van der Waals surface area contributed by atoms with Crippen molar-refractivity contribution in [1.82, 2.24) is 0 Å². The van der Waals surface area contributed by atoms with Crippen LogP contribution in [-0.4, -0.2) is 17.9 Å². The normalized spacial score (nSPS) is 27.0. The van der Waals surface area contributed by atoms with Gasteiger partial charge in [-0.25, -0.2) is 0 Å². The van der Waals surface area contributed by atoms with E-state index in [2.05, 4.69) is 0 Å². The van der Waals surface area contributed by atoms with E-state index < -0.39 is 0 Å². The summed E-state index contributed by atoms with van der Waals surface area (Å²) in [6, 6.07) is 7.94. The van der Waals surface area contributed by atoms with Crippen LogP contribution in [0.25, 0.3) is 0 Å². The Balaban J connectivity index is 1.68. The molecule has 2 aliphatic rings. The molecule has 0 spiro atoms. The third kappa shape index (κ3) is 3.16. The summed E-state index contributed by atoms with van der Waals surface area (Å²) in [7, 11) is 0. The van der Waals surface area contributed by atoms with E-state index in [1.807, 2.05) is 24.3 Å². The zero-order valence-corrected chi connectivity index (χ0v) is 11.2. The number of ketones is 1. The molecule has 0 aromatic heterocycles. The lowest BCUT2D eigenvalue weighted by molar-refractivity contribution is 0.0884. The average molecular weight is 259 g/mol. The van der Waals surface area contributed by atoms with Crippen molar-refractivity contribution in [3.63, 3.8) is 0 Å². The van der Waals surface area contributed by atoms with Crippen LogP contribution < -0.4 is 10.5 Å². The molecule has 0 atom stereocenters. The Bertz CT molecular complexity index is 460. The Morgan fingerprint density at radius 3 is 2.53 bits per heavy atom. The second-order valence-corrected chi connectivity index (χ2v) is 5.82. The summed E-state index contributed by atoms with van der Waals surface area (Å²) in [6.07, 6.45) is 6.43. The summed E-state index contributed by atoms with van der Waals surface area (Å²) in [4.78, 5) is 12.5. The molecule has 0 amide bonds. The number of benzene rings is 1. The molecule has 2 aliphatic carbocycles. The molecular formula is C16H21NO2. The Kier molecular flexibility index (Phi) is 3.56. The van der Waals surface area contributed by atoms with Crippen LogP contribution in [0.3, 0.4) is 0 Å². The quantitative estimate of drug-likeness (QED) is 0.846. The van der Waals surface area contributed by atoms with Crippen molar-refractivity contribution in [2.24, 2.45) is 11.7 Å². The molecule has 0 heterocycles. The highest BCUT2D eigenvalue weighted by Gasteiger charge is 2.26. The predicted octanol–water partition coefficient (Wildman–Crippen LogP) is 2.93. The summed E-state index contributed by atoms with van der Waals surface area (Å²) < 4.78 is 5.75. The first kappa shape index (κ1) is 12.7. The molecule has 0 saturated heterocycles. The fourth-order valence-corrected chi connectivity index (χ4v) is 2.72. The Hall–Kier alpha value is -1.35. The van der Waals surface area contributed by atoms with Crippen LogP contribution in [0.4, 0.5) is 0 Å². The lowest BCUT2D eigenvalue weighted by Crippen LogP contribution is -2.29. The standard InChI is InChI=1S/C16H21NO2/c17-13-6-4-11(5-7-13)16(18)12-2-1-3-15(10-12)19-14-8-9-14/h1-3,10-11,13-14H,4-9,17H2. The second-order valence-electron chi connectivity index (χ2n) is 5.82. The van der Waals surface area contributed by atoms with Gasteiger partial charge in [0, 0.05) is 17.5 Å². The number of hydrogen-bond acceptors (Lipinski definition) is 3. The van der Waals surface area contributed by atoms with Crippen molar-refractivity contribution in [3.05, 3.63) is 29.8 Å². The minimum Gasteiger partial charge on any atom is -0.490 e. The van der Waals surface area contributed by atoms with Gasteiger partial charge >= 0.3 is 0 Å². The summed E-state index contributed by atoms with van der Waals surface area (Å²) >= 11 is 0. The summed E-state index contributed by atoms with van der Waals surface area (Å²) in [6.45, 7) is 0. The Morgan fingerprint density at radius 1 is 1.11 bits per heavy atom. The highest BCUT2D eigenvalue weighted by molar-refractivity contribution is 5.98. The van der Waals surface area contributed by atoms with Gasteiger partial charge in [0.1, 0.15) is 5.75 Å². The first-order valence-electron chi connectivity index (χ1n) is 7.29. The fraction of sp³-hybridized carbons (Fsp3) is 0.562. The van der Waals surface area contributed by atoms with Crippen LogP contribution in [0, 0.1) is 5.92 Å². The zero-order chi connectivity index (χ0) is 13.2. The molecule has 2 N–H and O–H groups in total. The largest absolute Gasteiger partial charge is 0.490 e. The number of rotatable bonds is 4. The van der Waals surface area contributed by atoms with Gasteiger partial charge in [0.2, 0.25) is 0 Å². The van der Waals surface area contributed by atoms with Gasteiger partial charge < -0.3 is 10.5 Å². The van der Waals surface area contributed by atoms with Gasteiger partial charge in [-0.3, -0.25) is 4.79 Å². The number of nitrogens with two attached hydrogens (primary N) is 1. The summed E-state index contributed by atoms with van der Waals surface area (Å²) in [5.74, 6) is 1.24. The van der Waals surface area contributed by atoms with Gasteiger partial charge in [-0.1, -0.05) is 12.1 Å². The minimum atomic E-state index is 0.149. The molecule has 0 unspecified atom stereocenters. The van der Waals surface area contributed by atoms with E-state index in [4.69, 9.17) is 10.5 Å². The molecule has 0 bridgehead atoms. The van der Waals surface area contributed by atoms with Crippen molar-refractivity contribution in [2.75, 3.05) is 0 Å². The van der Waals surface area contributed by atoms with E-state index in [9.17, 15) is 4.79 Å². The maximum atomic E-state index is 12.5. The number of ether oxygens (including phenoxy) is 1. The van der Waals surface area contributed by atoms with Crippen molar-refractivity contribution in [1.29, 1.82) is 0 Å². The van der Waals surface area contributed by atoms with Crippen LogP contribution in [0.2, 0.25) is 0 Å².